The maximum atomic E-state index is 12.2. The molecule has 20 heavy (non-hydrogen) atoms. The van der Waals surface area contributed by atoms with Crippen molar-refractivity contribution >= 4 is 16.0 Å². The summed E-state index contributed by atoms with van der Waals surface area (Å²) in [6.07, 6.45) is 0.493. The average molecular weight is 301 g/mol. The van der Waals surface area contributed by atoms with Gasteiger partial charge in [0.05, 0.1) is 17.9 Å². The first-order chi connectivity index (χ1) is 9.37. The van der Waals surface area contributed by atoms with Crippen molar-refractivity contribution in [1.29, 1.82) is 0 Å². The van der Waals surface area contributed by atoms with Crippen LogP contribution in [-0.4, -0.2) is 51.1 Å². The van der Waals surface area contributed by atoms with Gasteiger partial charge in [0, 0.05) is 20.7 Å². The molecule has 1 rings (SSSR count). The molecule has 0 saturated heterocycles. The fourth-order valence-corrected chi connectivity index (χ4v) is 2.77. The van der Waals surface area contributed by atoms with Gasteiger partial charge in [0.25, 0.3) is 0 Å². The first kappa shape index (κ1) is 16.6. The molecule has 0 aliphatic heterocycles. The van der Waals surface area contributed by atoms with Gasteiger partial charge in [-0.25, -0.2) is 12.7 Å². The Morgan fingerprint density at radius 1 is 1.30 bits per heavy atom. The van der Waals surface area contributed by atoms with E-state index < -0.39 is 16.0 Å². The Balaban J connectivity index is 2.79. The molecule has 0 spiro atoms. The number of aliphatic carboxylic acids is 1. The van der Waals surface area contributed by atoms with Crippen LogP contribution < -0.4 is 0 Å². The van der Waals surface area contributed by atoms with E-state index in [2.05, 4.69) is 0 Å². The molecule has 7 heteroatoms. The number of rotatable bonds is 8. The van der Waals surface area contributed by atoms with Crippen molar-refractivity contribution < 1.29 is 23.1 Å². The molecule has 0 amide bonds. The van der Waals surface area contributed by atoms with Gasteiger partial charge in [0.15, 0.2) is 0 Å². The minimum atomic E-state index is -3.63. The van der Waals surface area contributed by atoms with Crippen LogP contribution in [0.3, 0.4) is 0 Å². The largest absolute Gasteiger partial charge is 0.481 e. The Labute approximate surface area is 119 Å². The second kappa shape index (κ2) is 7.37. The lowest BCUT2D eigenvalue weighted by atomic mass is 10.2. The topological polar surface area (TPSA) is 83.9 Å². The van der Waals surface area contributed by atoms with Gasteiger partial charge < -0.3 is 9.84 Å². The summed E-state index contributed by atoms with van der Waals surface area (Å²) >= 11 is 0. The normalized spacial score (nSPS) is 11.8. The first-order valence-corrected chi connectivity index (χ1v) is 7.58. The van der Waals surface area contributed by atoms with Crippen molar-refractivity contribution in [2.45, 2.75) is 17.7 Å². The summed E-state index contributed by atoms with van der Waals surface area (Å²) in [6, 6.07) is 6.52. The number of carboxylic acids is 1. The van der Waals surface area contributed by atoms with E-state index in [9.17, 15) is 13.2 Å². The Hall–Kier alpha value is -1.44. The molecule has 0 heterocycles. The van der Waals surface area contributed by atoms with Gasteiger partial charge in [-0.1, -0.05) is 12.1 Å². The van der Waals surface area contributed by atoms with Crippen LogP contribution in [0, 0.1) is 0 Å². The van der Waals surface area contributed by atoms with Crippen molar-refractivity contribution in [3.63, 3.8) is 0 Å². The fourth-order valence-electron chi connectivity index (χ4n) is 1.60. The molecule has 112 valence electrons. The maximum Gasteiger partial charge on any atom is 0.304 e. The van der Waals surface area contributed by atoms with Crippen molar-refractivity contribution in [2.24, 2.45) is 0 Å². The minimum Gasteiger partial charge on any atom is -0.481 e. The molecule has 1 aromatic carbocycles. The Kier molecular flexibility index (Phi) is 6.12. The highest BCUT2D eigenvalue weighted by atomic mass is 32.2. The number of methoxy groups -OCH3 is 1. The SMILES string of the molecule is COCCc1ccc(S(=O)(=O)N(C)CCC(=O)O)cc1. The van der Waals surface area contributed by atoms with Gasteiger partial charge in [-0.05, 0) is 24.1 Å². The van der Waals surface area contributed by atoms with Crippen LogP contribution in [-0.2, 0) is 26.0 Å². The van der Waals surface area contributed by atoms with E-state index in [1.54, 1.807) is 19.2 Å². The number of sulfonamides is 1. The van der Waals surface area contributed by atoms with Gasteiger partial charge in [-0.2, -0.15) is 0 Å². The van der Waals surface area contributed by atoms with Crippen molar-refractivity contribution in [2.75, 3.05) is 27.3 Å². The second-order valence-electron chi connectivity index (χ2n) is 4.36. The highest BCUT2D eigenvalue weighted by molar-refractivity contribution is 7.89. The van der Waals surface area contributed by atoms with Gasteiger partial charge in [0.1, 0.15) is 0 Å². The molecule has 1 aromatic rings. The zero-order valence-electron chi connectivity index (χ0n) is 11.6. The molecule has 0 fully saturated rings. The summed E-state index contributed by atoms with van der Waals surface area (Å²) in [5.41, 5.74) is 0.985. The lowest BCUT2D eigenvalue weighted by Gasteiger charge is -2.16. The highest BCUT2D eigenvalue weighted by Gasteiger charge is 2.20. The summed E-state index contributed by atoms with van der Waals surface area (Å²) in [4.78, 5) is 10.6. The summed E-state index contributed by atoms with van der Waals surface area (Å²) in [6.45, 7) is 0.522. The average Bonchev–Trinajstić information content (AvgIpc) is 2.42. The van der Waals surface area contributed by atoms with E-state index in [1.807, 2.05) is 0 Å². The lowest BCUT2D eigenvalue weighted by Crippen LogP contribution is -2.29. The van der Waals surface area contributed by atoms with Gasteiger partial charge in [-0.3, -0.25) is 4.79 Å². The van der Waals surface area contributed by atoms with E-state index in [4.69, 9.17) is 9.84 Å². The zero-order valence-corrected chi connectivity index (χ0v) is 12.4. The molecule has 0 saturated carbocycles. The van der Waals surface area contributed by atoms with Crippen LogP contribution in [0.1, 0.15) is 12.0 Å². The number of hydrogen-bond acceptors (Lipinski definition) is 4. The van der Waals surface area contributed by atoms with E-state index >= 15 is 0 Å². The molecule has 0 aliphatic rings. The number of hydrogen-bond donors (Lipinski definition) is 1. The molecule has 1 N–H and O–H groups in total. The van der Waals surface area contributed by atoms with E-state index in [1.165, 1.54) is 19.2 Å². The number of nitrogens with zero attached hydrogens (tertiary/aromatic N) is 1. The summed E-state index contributed by atoms with van der Waals surface area (Å²) in [7, 11) is -0.654. The molecule has 0 unspecified atom stereocenters. The Bertz CT molecular complexity index is 538. The van der Waals surface area contributed by atoms with E-state index in [-0.39, 0.29) is 17.9 Å². The van der Waals surface area contributed by atoms with E-state index in [0.717, 1.165) is 9.87 Å². The predicted molar refractivity (Wildman–Crippen MR) is 74.1 cm³/mol. The molecule has 6 nitrogen and oxygen atoms in total. The molecular weight excluding hydrogens is 282 g/mol. The molecule has 0 aliphatic carbocycles. The molecule has 0 radical (unpaired) electrons. The number of carboxylic acid groups (broad SMARTS) is 1. The summed E-state index contributed by atoms with van der Waals surface area (Å²) < 4.78 is 30.4. The maximum absolute atomic E-state index is 12.2. The number of ether oxygens (including phenoxy) is 1. The monoisotopic (exact) mass is 301 g/mol. The third-order valence-electron chi connectivity index (χ3n) is 2.87. The smallest absolute Gasteiger partial charge is 0.304 e. The summed E-state index contributed by atoms with van der Waals surface area (Å²) in [5.74, 6) is -1.03. The molecule has 0 atom stereocenters. The molecule has 0 aromatic heterocycles. The van der Waals surface area contributed by atoms with Crippen molar-refractivity contribution in [3.05, 3.63) is 29.8 Å². The molecular formula is C13H19NO5S. The quantitative estimate of drug-likeness (QED) is 0.773. The Morgan fingerprint density at radius 2 is 1.90 bits per heavy atom. The van der Waals surface area contributed by atoms with E-state index in [0.29, 0.717) is 13.0 Å². The third kappa shape index (κ3) is 4.59. The van der Waals surface area contributed by atoms with Gasteiger partial charge >= 0.3 is 5.97 Å². The first-order valence-electron chi connectivity index (χ1n) is 6.14. The van der Waals surface area contributed by atoms with Crippen LogP contribution >= 0.6 is 0 Å². The standard InChI is InChI=1S/C13H19NO5S/c1-14(9-7-13(15)16)20(17,18)12-5-3-11(4-6-12)8-10-19-2/h3-6H,7-10H2,1-2H3,(H,15,16). The second-order valence-corrected chi connectivity index (χ2v) is 6.40. The number of benzene rings is 1. The molecule has 0 bridgehead atoms. The predicted octanol–water partition coefficient (Wildman–Crippen LogP) is 0.971. The van der Waals surface area contributed by atoms with Gasteiger partial charge in [-0.15, -0.1) is 0 Å². The van der Waals surface area contributed by atoms with Crippen molar-refractivity contribution in [1.82, 2.24) is 4.31 Å². The van der Waals surface area contributed by atoms with Crippen LogP contribution in [0.15, 0.2) is 29.2 Å². The van der Waals surface area contributed by atoms with Crippen LogP contribution in [0.25, 0.3) is 0 Å². The van der Waals surface area contributed by atoms with Crippen LogP contribution in [0.2, 0.25) is 0 Å². The Morgan fingerprint density at radius 3 is 2.40 bits per heavy atom. The van der Waals surface area contributed by atoms with Crippen LogP contribution in [0.4, 0.5) is 0 Å². The third-order valence-corrected chi connectivity index (χ3v) is 4.74. The van der Waals surface area contributed by atoms with Crippen LogP contribution in [0.5, 0.6) is 0 Å². The minimum absolute atomic E-state index is 0.0525. The fraction of sp³-hybridized carbons (Fsp3) is 0.462. The lowest BCUT2D eigenvalue weighted by molar-refractivity contribution is -0.137. The van der Waals surface area contributed by atoms with Crippen molar-refractivity contribution in [3.8, 4) is 0 Å². The van der Waals surface area contributed by atoms with Gasteiger partial charge in [0.2, 0.25) is 10.0 Å². The highest BCUT2D eigenvalue weighted by Crippen LogP contribution is 2.15. The summed E-state index contributed by atoms with van der Waals surface area (Å²) in [5, 5.41) is 8.58. The zero-order chi connectivity index (χ0) is 15.2. The number of carbonyl (C=O) groups is 1.